The van der Waals surface area contributed by atoms with Gasteiger partial charge in [0.25, 0.3) is 0 Å². The molecular formula is C15H18Cl2N2O4S. The molecule has 1 atom stereocenters. The minimum atomic E-state index is -3.05. The van der Waals surface area contributed by atoms with E-state index in [-0.39, 0.29) is 42.3 Å². The van der Waals surface area contributed by atoms with Crippen LogP contribution in [0.3, 0.4) is 0 Å². The molecule has 0 aliphatic carbocycles. The summed E-state index contributed by atoms with van der Waals surface area (Å²) in [6.07, 6.45) is 0.481. The van der Waals surface area contributed by atoms with Crippen molar-refractivity contribution < 1.29 is 18.0 Å². The SMILES string of the molecule is CC(=O)N(CCC(=O)NC1CCS(=O)(=O)C1)c1cc(Cl)cc(Cl)c1. The maximum atomic E-state index is 12.0. The van der Waals surface area contributed by atoms with Crippen molar-refractivity contribution in [2.75, 3.05) is 23.0 Å². The molecule has 132 valence electrons. The third kappa shape index (κ3) is 5.36. The number of benzene rings is 1. The lowest BCUT2D eigenvalue weighted by Gasteiger charge is -2.22. The topological polar surface area (TPSA) is 83.6 Å². The van der Waals surface area contributed by atoms with Crippen molar-refractivity contribution in [1.29, 1.82) is 0 Å². The fourth-order valence-corrected chi connectivity index (χ4v) is 4.77. The molecule has 2 amide bonds. The van der Waals surface area contributed by atoms with E-state index in [0.29, 0.717) is 22.2 Å². The highest BCUT2D eigenvalue weighted by atomic mass is 35.5. The highest BCUT2D eigenvalue weighted by Gasteiger charge is 2.29. The summed E-state index contributed by atoms with van der Waals surface area (Å²) in [4.78, 5) is 25.2. The Morgan fingerprint density at radius 3 is 2.38 bits per heavy atom. The van der Waals surface area contributed by atoms with Crippen molar-refractivity contribution >= 4 is 50.5 Å². The van der Waals surface area contributed by atoms with Gasteiger partial charge in [0.15, 0.2) is 9.84 Å². The van der Waals surface area contributed by atoms with Crippen LogP contribution in [0.1, 0.15) is 19.8 Å². The Kier molecular flexibility index (Phi) is 6.11. The maximum absolute atomic E-state index is 12.0. The number of hydrogen-bond donors (Lipinski definition) is 1. The van der Waals surface area contributed by atoms with Gasteiger partial charge in [-0.15, -0.1) is 0 Å². The van der Waals surface area contributed by atoms with Crippen molar-refractivity contribution in [3.05, 3.63) is 28.2 Å². The molecule has 1 aromatic rings. The largest absolute Gasteiger partial charge is 0.352 e. The molecule has 0 bridgehead atoms. The zero-order valence-electron chi connectivity index (χ0n) is 13.1. The number of hydrogen-bond acceptors (Lipinski definition) is 4. The van der Waals surface area contributed by atoms with E-state index in [4.69, 9.17) is 23.2 Å². The molecule has 1 heterocycles. The van der Waals surface area contributed by atoms with Crippen molar-refractivity contribution in [3.8, 4) is 0 Å². The number of halogens is 2. The van der Waals surface area contributed by atoms with Crippen molar-refractivity contribution in [2.45, 2.75) is 25.8 Å². The van der Waals surface area contributed by atoms with E-state index in [0.717, 1.165) is 0 Å². The Hall–Kier alpha value is -1.31. The summed E-state index contributed by atoms with van der Waals surface area (Å²) >= 11 is 11.9. The highest BCUT2D eigenvalue weighted by molar-refractivity contribution is 7.91. The summed E-state index contributed by atoms with van der Waals surface area (Å²) in [6.45, 7) is 1.54. The van der Waals surface area contributed by atoms with Crippen molar-refractivity contribution in [3.63, 3.8) is 0 Å². The smallest absolute Gasteiger partial charge is 0.223 e. The summed E-state index contributed by atoms with van der Waals surface area (Å²) in [5, 5.41) is 3.48. The van der Waals surface area contributed by atoms with Crippen LogP contribution in [-0.4, -0.2) is 44.3 Å². The van der Waals surface area contributed by atoms with Gasteiger partial charge in [0.05, 0.1) is 11.5 Å². The molecule has 1 aliphatic rings. The van der Waals surface area contributed by atoms with Gasteiger partial charge in [-0.25, -0.2) is 8.42 Å². The third-order valence-corrected chi connectivity index (χ3v) is 5.90. The van der Waals surface area contributed by atoms with E-state index < -0.39 is 9.84 Å². The summed E-state index contributed by atoms with van der Waals surface area (Å²) < 4.78 is 22.8. The molecule has 1 unspecified atom stereocenters. The molecule has 0 radical (unpaired) electrons. The standard InChI is InChI=1S/C15H18Cl2N2O4S/c1-10(20)19(14-7-11(16)6-12(17)8-14)4-2-15(21)18-13-3-5-24(22,23)9-13/h6-8,13H,2-5,9H2,1H3,(H,18,21). The van der Waals surface area contributed by atoms with Crippen molar-refractivity contribution in [2.24, 2.45) is 0 Å². The first-order valence-corrected chi connectivity index (χ1v) is 9.98. The van der Waals surface area contributed by atoms with E-state index in [9.17, 15) is 18.0 Å². The summed E-state index contributed by atoms with van der Waals surface area (Å²) in [5.74, 6) is -0.474. The van der Waals surface area contributed by atoms with Crippen LogP contribution in [0, 0.1) is 0 Å². The minimum Gasteiger partial charge on any atom is -0.352 e. The number of anilines is 1. The Morgan fingerprint density at radius 1 is 1.25 bits per heavy atom. The van der Waals surface area contributed by atoms with Crippen LogP contribution in [0.5, 0.6) is 0 Å². The number of nitrogens with one attached hydrogen (secondary N) is 1. The number of amides is 2. The first-order valence-electron chi connectivity index (χ1n) is 7.40. The molecule has 0 spiro atoms. The van der Waals surface area contributed by atoms with Crippen LogP contribution in [0.2, 0.25) is 10.0 Å². The minimum absolute atomic E-state index is 0.0287. The molecular weight excluding hydrogens is 375 g/mol. The van der Waals surface area contributed by atoms with Gasteiger partial charge in [-0.05, 0) is 24.6 Å². The lowest BCUT2D eigenvalue weighted by molar-refractivity contribution is -0.121. The quantitative estimate of drug-likeness (QED) is 0.830. The molecule has 6 nitrogen and oxygen atoms in total. The predicted octanol–water partition coefficient (Wildman–Crippen LogP) is 2.04. The van der Waals surface area contributed by atoms with Gasteiger partial charge < -0.3 is 10.2 Å². The molecule has 1 fully saturated rings. The average molecular weight is 393 g/mol. The Bertz CT molecular complexity index is 732. The van der Waals surface area contributed by atoms with Gasteiger partial charge in [-0.1, -0.05) is 23.2 Å². The zero-order chi connectivity index (χ0) is 17.9. The second kappa shape index (κ2) is 7.72. The average Bonchev–Trinajstić information content (AvgIpc) is 2.76. The lowest BCUT2D eigenvalue weighted by Crippen LogP contribution is -2.38. The van der Waals surface area contributed by atoms with Crippen molar-refractivity contribution in [1.82, 2.24) is 5.32 Å². The van der Waals surface area contributed by atoms with Gasteiger partial charge in [-0.2, -0.15) is 0 Å². The van der Waals surface area contributed by atoms with Crippen LogP contribution >= 0.6 is 23.2 Å². The second-order valence-electron chi connectivity index (χ2n) is 5.72. The lowest BCUT2D eigenvalue weighted by atomic mass is 10.2. The first kappa shape index (κ1) is 19.0. The van der Waals surface area contributed by atoms with Crippen LogP contribution in [0.15, 0.2) is 18.2 Å². The fourth-order valence-electron chi connectivity index (χ4n) is 2.59. The van der Waals surface area contributed by atoms with Gasteiger partial charge in [-0.3, -0.25) is 9.59 Å². The molecule has 1 saturated heterocycles. The Morgan fingerprint density at radius 2 is 1.88 bits per heavy atom. The molecule has 0 aromatic heterocycles. The number of carbonyl (C=O) groups excluding carboxylic acids is 2. The Balaban J connectivity index is 1.96. The molecule has 2 rings (SSSR count). The molecule has 0 saturated carbocycles. The second-order valence-corrected chi connectivity index (χ2v) is 8.82. The van der Waals surface area contributed by atoms with Gasteiger partial charge in [0.1, 0.15) is 0 Å². The number of carbonyl (C=O) groups is 2. The number of nitrogens with zero attached hydrogens (tertiary/aromatic N) is 1. The van der Waals surface area contributed by atoms with Gasteiger partial charge in [0.2, 0.25) is 11.8 Å². The fraction of sp³-hybridized carbons (Fsp3) is 0.467. The van der Waals surface area contributed by atoms with E-state index in [1.54, 1.807) is 18.2 Å². The van der Waals surface area contributed by atoms with Crippen LogP contribution < -0.4 is 10.2 Å². The van der Waals surface area contributed by atoms with E-state index in [1.165, 1.54) is 11.8 Å². The van der Waals surface area contributed by atoms with Gasteiger partial charge >= 0.3 is 0 Å². The van der Waals surface area contributed by atoms with E-state index in [2.05, 4.69) is 5.32 Å². The number of rotatable bonds is 5. The zero-order valence-corrected chi connectivity index (χ0v) is 15.4. The number of sulfone groups is 1. The highest BCUT2D eigenvalue weighted by Crippen LogP contribution is 2.25. The molecule has 24 heavy (non-hydrogen) atoms. The first-order chi connectivity index (χ1) is 11.2. The Labute approximate surface area is 151 Å². The van der Waals surface area contributed by atoms with Gasteiger partial charge in [0, 0.05) is 41.7 Å². The van der Waals surface area contributed by atoms with Crippen LogP contribution in [0.25, 0.3) is 0 Å². The molecule has 1 aromatic carbocycles. The monoisotopic (exact) mass is 392 g/mol. The van der Waals surface area contributed by atoms with E-state index >= 15 is 0 Å². The molecule has 9 heteroatoms. The molecule has 1 aliphatic heterocycles. The summed E-state index contributed by atoms with van der Waals surface area (Å²) in [6, 6.07) is 4.39. The predicted molar refractivity (Wildman–Crippen MR) is 94.3 cm³/mol. The van der Waals surface area contributed by atoms with Crippen LogP contribution in [-0.2, 0) is 19.4 Å². The summed E-state index contributed by atoms with van der Waals surface area (Å²) in [7, 11) is -3.05. The molecule has 1 N–H and O–H groups in total. The summed E-state index contributed by atoms with van der Waals surface area (Å²) in [5.41, 5.74) is 0.510. The third-order valence-electron chi connectivity index (χ3n) is 3.70. The normalized spacial score (nSPS) is 19.0. The maximum Gasteiger partial charge on any atom is 0.223 e. The van der Waals surface area contributed by atoms with E-state index in [1.807, 2.05) is 0 Å². The van der Waals surface area contributed by atoms with Crippen LogP contribution in [0.4, 0.5) is 5.69 Å².